The Morgan fingerprint density at radius 2 is 1.94 bits per heavy atom. The van der Waals surface area contributed by atoms with E-state index in [2.05, 4.69) is 20.7 Å². The summed E-state index contributed by atoms with van der Waals surface area (Å²) in [5.74, 6) is -0.695. The van der Waals surface area contributed by atoms with Crippen LogP contribution in [0.15, 0.2) is 16.6 Å². The summed E-state index contributed by atoms with van der Waals surface area (Å²) in [6.45, 7) is 2.74. The average molecular weight is 297 g/mol. The number of halogens is 4. The van der Waals surface area contributed by atoms with Crippen LogP contribution in [0.1, 0.15) is 22.8 Å². The number of hydrogen-bond donors (Lipinski definition) is 0. The Kier molecular flexibility index (Phi) is 3.62. The van der Waals surface area contributed by atoms with Gasteiger partial charge in [-0.3, -0.25) is 4.79 Å². The molecule has 0 saturated carbocycles. The van der Waals surface area contributed by atoms with Gasteiger partial charge < -0.3 is 4.74 Å². The molecule has 0 atom stereocenters. The molecule has 88 valence electrons. The molecule has 1 aromatic rings. The zero-order chi connectivity index (χ0) is 12.5. The van der Waals surface area contributed by atoms with Crippen molar-refractivity contribution in [1.29, 1.82) is 0 Å². The molecule has 1 rings (SSSR count). The summed E-state index contributed by atoms with van der Waals surface area (Å²) in [6.07, 6.45) is -4.76. The van der Waals surface area contributed by atoms with Crippen LogP contribution in [0.2, 0.25) is 0 Å². The van der Waals surface area contributed by atoms with Gasteiger partial charge in [-0.25, -0.2) is 0 Å². The van der Waals surface area contributed by atoms with Crippen molar-refractivity contribution in [2.24, 2.45) is 0 Å². The molecule has 0 aliphatic rings. The Balaban J connectivity index is 3.20. The quantitative estimate of drug-likeness (QED) is 0.775. The Morgan fingerprint density at radius 1 is 1.38 bits per heavy atom. The third-order valence-electron chi connectivity index (χ3n) is 1.87. The highest BCUT2D eigenvalue weighted by molar-refractivity contribution is 9.10. The molecular formula is C10H8BrF3O2. The van der Waals surface area contributed by atoms with Crippen LogP contribution in [-0.4, -0.2) is 12.1 Å². The largest absolute Gasteiger partial charge is 0.573 e. The highest BCUT2D eigenvalue weighted by atomic mass is 79.9. The number of ether oxygens (including phenoxy) is 1. The first-order chi connectivity index (χ1) is 7.20. The summed E-state index contributed by atoms with van der Waals surface area (Å²) in [5.41, 5.74) is 0.457. The number of carbonyl (C=O) groups is 1. The number of hydrogen-bond acceptors (Lipinski definition) is 2. The van der Waals surface area contributed by atoms with Gasteiger partial charge in [0.2, 0.25) is 0 Å². The smallest absolute Gasteiger partial charge is 0.405 e. The van der Waals surface area contributed by atoms with Crippen LogP contribution in [0, 0.1) is 6.92 Å². The van der Waals surface area contributed by atoms with Crippen molar-refractivity contribution >= 4 is 21.7 Å². The number of benzene rings is 1. The van der Waals surface area contributed by atoms with Crippen molar-refractivity contribution in [2.45, 2.75) is 20.2 Å². The molecule has 0 aliphatic carbocycles. The van der Waals surface area contributed by atoms with Crippen LogP contribution in [0.25, 0.3) is 0 Å². The number of alkyl halides is 3. The van der Waals surface area contributed by atoms with Gasteiger partial charge in [0.25, 0.3) is 0 Å². The van der Waals surface area contributed by atoms with E-state index in [9.17, 15) is 18.0 Å². The molecule has 6 heteroatoms. The molecule has 0 spiro atoms. The van der Waals surface area contributed by atoms with Gasteiger partial charge in [-0.15, -0.1) is 13.2 Å². The number of rotatable bonds is 2. The molecule has 0 radical (unpaired) electrons. The highest BCUT2D eigenvalue weighted by Gasteiger charge is 2.32. The minimum absolute atomic E-state index is 0.157. The van der Waals surface area contributed by atoms with Crippen molar-refractivity contribution in [3.05, 3.63) is 27.7 Å². The van der Waals surface area contributed by atoms with Gasteiger partial charge in [0.05, 0.1) is 0 Å². The fraction of sp³-hybridized carbons (Fsp3) is 0.300. The molecule has 1 aromatic carbocycles. The Labute approximate surface area is 98.5 Å². The maximum Gasteiger partial charge on any atom is 0.573 e. The minimum atomic E-state index is -4.76. The van der Waals surface area contributed by atoms with E-state index in [0.717, 1.165) is 6.07 Å². The van der Waals surface area contributed by atoms with Gasteiger partial charge in [0.1, 0.15) is 5.75 Å². The lowest BCUT2D eigenvalue weighted by atomic mass is 10.1. The first kappa shape index (κ1) is 13.0. The van der Waals surface area contributed by atoms with E-state index in [-0.39, 0.29) is 17.1 Å². The second-order valence-electron chi connectivity index (χ2n) is 3.20. The monoisotopic (exact) mass is 296 g/mol. The molecular weight excluding hydrogens is 289 g/mol. The van der Waals surface area contributed by atoms with E-state index in [1.807, 2.05) is 0 Å². The lowest BCUT2D eigenvalue weighted by Gasteiger charge is -2.13. The van der Waals surface area contributed by atoms with Crippen molar-refractivity contribution in [1.82, 2.24) is 0 Å². The van der Waals surface area contributed by atoms with Crippen LogP contribution >= 0.6 is 15.9 Å². The lowest BCUT2D eigenvalue weighted by Crippen LogP contribution is -2.18. The fourth-order valence-corrected chi connectivity index (χ4v) is 1.89. The predicted octanol–water partition coefficient (Wildman–Crippen LogP) is 3.86. The molecule has 0 N–H and O–H groups in total. The van der Waals surface area contributed by atoms with Crippen molar-refractivity contribution in [2.75, 3.05) is 0 Å². The van der Waals surface area contributed by atoms with Gasteiger partial charge >= 0.3 is 6.36 Å². The Bertz CT molecular complexity index is 427. The van der Waals surface area contributed by atoms with Crippen LogP contribution < -0.4 is 4.74 Å². The molecule has 0 amide bonds. The molecule has 0 aliphatic heterocycles. The van der Waals surface area contributed by atoms with Gasteiger partial charge in [-0.05, 0) is 31.5 Å². The molecule has 0 saturated heterocycles. The third kappa shape index (κ3) is 3.23. The van der Waals surface area contributed by atoms with Crippen LogP contribution in [-0.2, 0) is 0 Å². The summed E-state index contributed by atoms with van der Waals surface area (Å²) in [4.78, 5) is 11.1. The van der Waals surface area contributed by atoms with Crippen molar-refractivity contribution < 1.29 is 22.7 Å². The topological polar surface area (TPSA) is 26.3 Å². The molecule has 16 heavy (non-hydrogen) atoms. The molecule has 2 nitrogen and oxygen atoms in total. The molecule has 0 aromatic heterocycles. The summed E-state index contributed by atoms with van der Waals surface area (Å²) < 4.78 is 40.4. The summed E-state index contributed by atoms with van der Waals surface area (Å²) in [7, 11) is 0. The van der Waals surface area contributed by atoms with Crippen LogP contribution in [0.4, 0.5) is 13.2 Å². The second-order valence-corrected chi connectivity index (χ2v) is 4.06. The normalized spacial score (nSPS) is 11.4. The van der Waals surface area contributed by atoms with Gasteiger partial charge in [0.15, 0.2) is 5.78 Å². The maximum atomic E-state index is 12.0. The van der Waals surface area contributed by atoms with Crippen molar-refractivity contribution in [3.63, 3.8) is 0 Å². The Morgan fingerprint density at radius 3 is 2.38 bits per heavy atom. The highest BCUT2D eigenvalue weighted by Crippen LogP contribution is 2.31. The van der Waals surface area contributed by atoms with Gasteiger partial charge in [-0.2, -0.15) is 0 Å². The zero-order valence-corrected chi connectivity index (χ0v) is 10.1. The first-order valence-corrected chi connectivity index (χ1v) is 5.07. The number of Topliss-reactive ketones (excluding diaryl/α,β-unsaturated/α-hetero) is 1. The van der Waals surface area contributed by atoms with E-state index < -0.39 is 6.36 Å². The molecule has 0 bridgehead atoms. The molecule has 0 unspecified atom stereocenters. The van der Waals surface area contributed by atoms with Crippen LogP contribution in [0.3, 0.4) is 0 Å². The van der Waals surface area contributed by atoms with E-state index in [0.29, 0.717) is 10.0 Å². The minimum Gasteiger partial charge on any atom is -0.405 e. The maximum absolute atomic E-state index is 12.0. The Hall–Kier alpha value is -1.04. The van der Waals surface area contributed by atoms with Gasteiger partial charge in [-0.1, -0.05) is 15.9 Å². The second kappa shape index (κ2) is 4.45. The molecule has 0 fully saturated rings. The third-order valence-corrected chi connectivity index (χ3v) is 2.53. The van der Waals surface area contributed by atoms with E-state index >= 15 is 0 Å². The number of ketones is 1. The summed E-state index contributed by atoms with van der Waals surface area (Å²) in [5, 5.41) is 0. The first-order valence-electron chi connectivity index (χ1n) is 4.27. The van der Waals surface area contributed by atoms with Gasteiger partial charge in [0, 0.05) is 10.0 Å². The average Bonchev–Trinajstić information content (AvgIpc) is 2.07. The van der Waals surface area contributed by atoms with E-state index in [1.54, 1.807) is 0 Å². The van der Waals surface area contributed by atoms with E-state index in [1.165, 1.54) is 19.9 Å². The van der Waals surface area contributed by atoms with E-state index in [4.69, 9.17) is 0 Å². The van der Waals surface area contributed by atoms with Crippen LogP contribution in [0.5, 0.6) is 5.75 Å². The number of carbonyl (C=O) groups excluding carboxylic acids is 1. The zero-order valence-electron chi connectivity index (χ0n) is 8.48. The number of aryl methyl sites for hydroxylation is 1. The lowest BCUT2D eigenvalue weighted by molar-refractivity contribution is -0.274. The predicted molar refractivity (Wildman–Crippen MR) is 55.6 cm³/mol. The SMILES string of the molecule is CC(=O)c1cc(OC(F)(F)F)c(C)cc1Br. The summed E-state index contributed by atoms with van der Waals surface area (Å²) >= 11 is 3.10. The molecule has 0 heterocycles. The van der Waals surface area contributed by atoms with Crippen molar-refractivity contribution in [3.8, 4) is 5.75 Å². The fourth-order valence-electron chi connectivity index (χ4n) is 1.16. The standard InChI is InChI=1S/C10H8BrF3O2/c1-5-3-8(11)7(6(2)15)4-9(5)16-10(12,13)14/h3-4H,1-2H3. The summed E-state index contributed by atoms with van der Waals surface area (Å²) in [6, 6.07) is 2.49.